The van der Waals surface area contributed by atoms with Gasteiger partial charge in [-0.05, 0) is 120 Å². The van der Waals surface area contributed by atoms with Crippen LogP contribution in [0.4, 0.5) is 34.1 Å². The maximum absolute atomic E-state index is 13.3. The van der Waals surface area contributed by atoms with Gasteiger partial charge in [0.15, 0.2) is 5.75 Å². The van der Waals surface area contributed by atoms with Crippen LogP contribution in [-0.4, -0.2) is 94.8 Å². The normalized spacial score (nSPS) is 11.5. The van der Waals surface area contributed by atoms with Gasteiger partial charge in [0.25, 0.3) is 21.9 Å². The summed E-state index contributed by atoms with van der Waals surface area (Å²) in [6.07, 6.45) is 0.462. The fraction of sp³-hybridized carbons (Fsp3) is 0.115. The van der Waals surface area contributed by atoms with Gasteiger partial charge in [0, 0.05) is 27.7 Å². The number of carbonyl (C=O) groups is 2. The van der Waals surface area contributed by atoms with E-state index >= 15 is 0 Å². The molecule has 18 nitrogen and oxygen atoms in total. The average Bonchev–Trinajstić information content (AvgIpc) is 3.37. The molecule has 0 saturated carbocycles. The second-order valence-electron chi connectivity index (χ2n) is 15.9. The van der Waals surface area contributed by atoms with Gasteiger partial charge in [-0.3, -0.25) is 14.1 Å². The number of benzene rings is 8. The average molecular weight is 1120 g/mol. The zero-order valence-electron chi connectivity index (χ0n) is 40.2. The SMILES string of the molecule is CCc1cc(N=Nc2c(O)c(C(=O)Nc3ccc(OC)cc3)cc3ccccc23)cc(Cl)c1S(=O)(=O)O.CCc1cc(N=Nc2c([O-])c(C(=O)Nc3ccc(OC)cc3)cc3ccccc23)cc(Cl)c1S(=O)(=O)[O-].[Ca+2]. The minimum absolute atomic E-state index is 0. The van der Waals surface area contributed by atoms with Crippen molar-refractivity contribution in [2.45, 2.75) is 36.5 Å². The molecule has 0 aliphatic heterocycles. The molecule has 8 rings (SSSR count). The molecule has 8 aromatic rings. The van der Waals surface area contributed by atoms with Crippen molar-refractivity contribution in [1.82, 2.24) is 0 Å². The van der Waals surface area contributed by atoms with E-state index in [0.717, 1.165) is 0 Å². The molecule has 0 spiro atoms. The molecule has 0 radical (unpaired) electrons. The van der Waals surface area contributed by atoms with Gasteiger partial charge in [0.2, 0.25) is 0 Å². The molecule has 2 amide bonds. The van der Waals surface area contributed by atoms with E-state index < -0.39 is 42.7 Å². The first-order valence-electron chi connectivity index (χ1n) is 22.0. The van der Waals surface area contributed by atoms with Crippen molar-refractivity contribution in [3.05, 3.63) is 166 Å². The van der Waals surface area contributed by atoms with Crippen molar-refractivity contribution in [3.8, 4) is 23.0 Å². The Bertz CT molecular complexity index is 3530. The standard InChI is InChI=1S/2C26H22ClN3O6S.Ca/c2*1-3-15-12-18(14-22(27)25(15)37(33,34)35)29-30-23-20-7-5-4-6-16(20)13-21(24(23)31)26(32)28-17-8-10-19(36-2)11-9-17;/h2*4-14,31H,3H2,1-2H3,(H,28,32)(H,33,34,35);/q;;+2/p-2. The van der Waals surface area contributed by atoms with E-state index in [4.69, 9.17) is 32.7 Å². The number of ether oxygens (including phenoxy) is 2. The van der Waals surface area contributed by atoms with Crippen LogP contribution >= 0.6 is 23.2 Å². The van der Waals surface area contributed by atoms with Gasteiger partial charge in [-0.1, -0.05) is 91.3 Å². The Morgan fingerprint density at radius 1 is 0.600 bits per heavy atom. The van der Waals surface area contributed by atoms with Crippen LogP contribution in [0.5, 0.6) is 23.0 Å². The van der Waals surface area contributed by atoms with E-state index in [0.29, 0.717) is 44.4 Å². The number of nitrogens with zero attached hydrogens (tertiary/aromatic N) is 4. The number of phenolic OH excluding ortho intramolecular Hbond substituents is 1. The zero-order chi connectivity index (χ0) is 53.5. The number of azo groups is 2. The van der Waals surface area contributed by atoms with Crippen molar-refractivity contribution in [2.24, 2.45) is 20.5 Å². The molecular formula is C52H42CaCl2N6O12S2. The van der Waals surface area contributed by atoms with Gasteiger partial charge in [-0.2, -0.15) is 23.8 Å². The van der Waals surface area contributed by atoms with Gasteiger partial charge in [0.05, 0.1) is 51.8 Å². The number of hydrogen-bond acceptors (Lipinski definition) is 15. The molecule has 23 heteroatoms. The van der Waals surface area contributed by atoms with Crippen molar-refractivity contribution in [2.75, 3.05) is 24.9 Å². The van der Waals surface area contributed by atoms with E-state index in [-0.39, 0.29) is 116 Å². The number of amides is 2. The van der Waals surface area contributed by atoms with Crippen molar-refractivity contribution in [1.29, 1.82) is 0 Å². The predicted octanol–water partition coefficient (Wildman–Crippen LogP) is 12.0. The summed E-state index contributed by atoms with van der Waals surface area (Å²) in [6, 6.07) is 35.5. The van der Waals surface area contributed by atoms with Gasteiger partial charge in [0.1, 0.15) is 32.2 Å². The third-order valence-electron chi connectivity index (χ3n) is 11.2. The topological polar surface area (TPSA) is 281 Å². The Morgan fingerprint density at radius 2 is 1.01 bits per heavy atom. The number of rotatable bonds is 14. The minimum atomic E-state index is -4.80. The number of nitrogens with one attached hydrogen (secondary N) is 2. The fourth-order valence-electron chi connectivity index (χ4n) is 7.61. The van der Waals surface area contributed by atoms with E-state index in [9.17, 15) is 45.7 Å². The van der Waals surface area contributed by atoms with Crippen LogP contribution in [0.1, 0.15) is 45.7 Å². The second kappa shape index (κ2) is 24.7. The van der Waals surface area contributed by atoms with Crippen LogP contribution in [0.25, 0.3) is 21.5 Å². The molecule has 0 aromatic heterocycles. The summed E-state index contributed by atoms with van der Waals surface area (Å²) in [5, 5.41) is 48.1. The van der Waals surface area contributed by atoms with Crippen LogP contribution in [0.2, 0.25) is 10.0 Å². The van der Waals surface area contributed by atoms with E-state index in [1.807, 2.05) is 0 Å². The number of aryl methyl sites for hydroxylation is 2. The summed E-state index contributed by atoms with van der Waals surface area (Å²) in [7, 11) is -6.27. The maximum Gasteiger partial charge on any atom is 2.00 e. The van der Waals surface area contributed by atoms with Gasteiger partial charge < -0.3 is 34.9 Å². The molecule has 0 aliphatic carbocycles. The molecule has 380 valence electrons. The van der Waals surface area contributed by atoms with Crippen LogP contribution in [-0.2, 0) is 33.1 Å². The number of aromatic hydroxyl groups is 1. The van der Waals surface area contributed by atoms with Crippen LogP contribution in [0, 0.1) is 0 Å². The monoisotopic (exact) mass is 1120 g/mol. The van der Waals surface area contributed by atoms with Gasteiger partial charge >= 0.3 is 37.7 Å². The third kappa shape index (κ3) is 13.6. The summed E-state index contributed by atoms with van der Waals surface area (Å²) in [5.41, 5.74) is 1.57. The molecule has 75 heavy (non-hydrogen) atoms. The van der Waals surface area contributed by atoms with Crippen molar-refractivity contribution >= 4 is 149 Å². The molecule has 4 N–H and O–H groups in total. The molecule has 0 bridgehead atoms. The molecule has 0 atom stereocenters. The Hall–Kier alpha value is -6.72. The molecule has 8 aromatic carbocycles. The number of halogens is 2. The second-order valence-corrected chi connectivity index (χ2v) is 19.4. The Balaban J connectivity index is 0.000000241. The van der Waals surface area contributed by atoms with Gasteiger partial charge in [-0.15, -0.1) is 5.11 Å². The maximum atomic E-state index is 13.3. The first-order chi connectivity index (χ1) is 35.2. The van der Waals surface area contributed by atoms with E-state index in [1.54, 1.807) is 117 Å². The van der Waals surface area contributed by atoms with Crippen LogP contribution in [0.15, 0.2) is 164 Å². The number of methoxy groups -OCH3 is 2. The quantitative estimate of drug-likeness (QED) is 0.0449. The molecule has 0 fully saturated rings. The van der Waals surface area contributed by atoms with E-state index in [2.05, 4.69) is 31.1 Å². The Kier molecular flexibility index (Phi) is 19.0. The molecule has 0 aliphatic rings. The first kappa shape index (κ1) is 57.6. The van der Waals surface area contributed by atoms with Crippen LogP contribution in [0.3, 0.4) is 0 Å². The van der Waals surface area contributed by atoms with E-state index in [1.165, 1.54) is 44.6 Å². The number of phenols is 1. The molecule has 0 unspecified atom stereocenters. The van der Waals surface area contributed by atoms with Crippen molar-refractivity contribution in [3.63, 3.8) is 0 Å². The predicted molar refractivity (Wildman–Crippen MR) is 284 cm³/mol. The summed E-state index contributed by atoms with van der Waals surface area (Å²) < 4.78 is 78.0. The number of anilines is 2. The van der Waals surface area contributed by atoms with Crippen molar-refractivity contribution < 1.29 is 55.2 Å². The number of carbonyl (C=O) groups excluding carboxylic acids is 2. The summed E-state index contributed by atoms with van der Waals surface area (Å²) in [6.45, 7) is 3.36. The summed E-state index contributed by atoms with van der Waals surface area (Å²) in [5.74, 6) is -0.968. The minimum Gasteiger partial charge on any atom is -0.870 e. The molecule has 0 heterocycles. The number of fused-ring (bicyclic) bond motifs is 2. The number of hydrogen-bond donors (Lipinski definition) is 4. The molecule has 0 saturated heterocycles. The summed E-state index contributed by atoms with van der Waals surface area (Å²) >= 11 is 12.2. The Morgan fingerprint density at radius 3 is 1.47 bits per heavy atom. The Labute approximate surface area is 470 Å². The molecular weight excluding hydrogens is 1080 g/mol. The zero-order valence-corrected chi connectivity index (χ0v) is 45.5. The first-order valence-corrected chi connectivity index (χ1v) is 25.6. The third-order valence-corrected chi connectivity index (χ3v) is 14.0. The van der Waals surface area contributed by atoms with Crippen LogP contribution < -0.4 is 25.2 Å². The summed E-state index contributed by atoms with van der Waals surface area (Å²) in [4.78, 5) is 25.1. The smallest absolute Gasteiger partial charge is 0.870 e. The largest absolute Gasteiger partial charge is 2.00 e. The van der Waals surface area contributed by atoms with Gasteiger partial charge in [-0.25, -0.2) is 8.42 Å². The fourth-order valence-corrected chi connectivity index (χ4v) is 10.3.